The molecule has 0 aliphatic heterocycles. The first-order valence-corrected chi connectivity index (χ1v) is 4.96. The summed E-state index contributed by atoms with van der Waals surface area (Å²) in [5, 5.41) is 0. The van der Waals surface area contributed by atoms with Crippen LogP contribution in [0, 0.1) is 0 Å². The maximum absolute atomic E-state index is 4.33. The monoisotopic (exact) mass is 270 g/mol. The summed E-state index contributed by atoms with van der Waals surface area (Å²) in [5.74, 6) is 0. The first kappa shape index (κ1) is 15.8. The van der Waals surface area contributed by atoms with Gasteiger partial charge in [-0.25, -0.2) is 0 Å². The lowest BCUT2D eigenvalue weighted by molar-refractivity contribution is 1.13. The molecule has 92 valence electrons. The van der Waals surface area contributed by atoms with Crippen LogP contribution in [0.25, 0.3) is 11.3 Å². The number of halogens is 2. The number of anilines is 1. The Morgan fingerprint density at radius 2 is 1.71 bits per heavy atom. The Balaban J connectivity index is 0.00000128. The highest BCUT2D eigenvalue weighted by molar-refractivity contribution is 5.85. The minimum atomic E-state index is 0. The summed E-state index contributed by atoms with van der Waals surface area (Å²) in [6.45, 7) is 0. The SMILES string of the molecule is CN(C)c1cccc(-c2ccccn2)c1.Cl.Cl. The maximum Gasteiger partial charge on any atom is 0.0702 e. The molecule has 17 heavy (non-hydrogen) atoms. The second kappa shape index (κ2) is 7.15. The van der Waals surface area contributed by atoms with Crippen molar-refractivity contribution in [3.8, 4) is 11.3 Å². The van der Waals surface area contributed by atoms with E-state index in [0.717, 1.165) is 11.3 Å². The van der Waals surface area contributed by atoms with Gasteiger partial charge in [-0.05, 0) is 24.3 Å². The van der Waals surface area contributed by atoms with Crippen molar-refractivity contribution in [2.24, 2.45) is 0 Å². The first-order chi connectivity index (χ1) is 7.27. The number of nitrogens with zero attached hydrogens (tertiary/aromatic N) is 2. The Morgan fingerprint density at radius 1 is 0.941 bits per heavy atom. The fourth-order valence-corrected chi connectivity index (χ4v) is 1.48. The molecule has 0 aliphatic carbocycles. The zero-order chi connectivity index (χ0) is 10.7. The molecule has 0 N–H and O–H groups in total. The van der Waals surface area contributed by atoms with Crippen LogP contribution in [-0.4, -0.2) is 19.1 Å². The zero-order valence-corrected chi connectivity index (χ0v) is 11.5. The molecule has 1 aromatic carbocycles. The molecule has 0 unspecified atom stereocenters. The largest absolute Gasteiger partial charge is 0.378 e. The molecule has 2 nitrogen and oxygen atoms in total. The van der Waals surface area contributed by atoms with Crippen LogP contribution in [-0.2, 0) is 0 Å². The van der Waals surface area contributed by atoms with Crippen LogP contribution >= 0.6 is 24.8 Å². The molecule has 0 saturated heterocycles. The van der Waals surface area contributed by atoms with Crippen LogP contribution in [0.4, 0.5) is 5.69 Å². The van der Waals surface area contributed by atoms with E-state index in [4.69, 9.17) is 0 Å². The number of hydrogen-bond donors (Lipinski definition) is 0. The van der Waals surface area contributed by atoms with Crippen LogP contribution in [0.2, 0.25) is 0 Å². The van der Waals surface area contributed by atoms with Gasteiger partial charge in [-0.2, -0.15) is 0 Å². The summed E-state index contributed by atoms with van der Waals surface area (Å²) in [7, 11) is 4.08. The van der Waals surface area contributed by atoms with Crippen LogP contribution in [0.15, 0.2) is 48.7 Å². The van der Waals surface area contributed by atoms with Crippen molar-refractivity contribution in [2.45, 2.75) is 0 Å². The molecule has 0 fully saturated rings. The lowest BCUT2D eigenvalue weighted by Gasteiger charge is -2.13. The molecule has 2 rings (SSSR count). The van der Waals surface area contributed by atoms with Crippen LogP contribution < -0.4 is 4.90 Å². The molecule has 0 saturated carbocycles. The smallest absolute Gasteiger partial charge is 0.0702 e. The topological polar surface area (TPSA) is 16.1 Å². The van der Waals surface area contributed by atoms with E-state index in [1.54, 1.807) is 0 Å². The van der Waals surface area contributed by atoms with E-state index < -0.39 is 0 Å². The van der Waals surface area contributed by atoms with Gasteiger partial charge >= 0.3 is 0 Å². The van der Waals surface area contributed by atoms with E-state index in [9.17, 15) is 0 Å². The van der Waals surface area contributed by atoms with Crippen molar-refractivity contribution in [3.63, 3.8) is 0 Å². The van der Waals surface area contributed by atoms with Gasteiger partial charge in [0.15, 0.2) is 0 Å². The van der Waals surface area contributed by atoms with Gasteiger partial charge in [0, 0.05) is 31.5 Å². The first-order valence-electron chi connectivity index (χ1n) is 4.96. The van der Waals surface area contributed by atoms with E-state index in [1.807, 2.05) is 38.5 Å². The van der Waals surface area contributed by atoms with Crippen molar-refractivity contribution in [2.75, 3.05) is 19.0 Å². The highest BCUT2D eigenvalue weighted by Gasteiger charge is 2.00. The Labute approximate surface area is 115 Å². The van der Waals surface area contributed by atoms with Crippen LogP contribution in [0.1, 0.15) is 0 Å². The fourth-order valence-electron chi connectivity index (χ4n) is 1.48. The van der Waals surface area contributed by atoms with E-state index in [2.05, 4.69) is 34.1 Å². The Bertz CT molecular complexity index is 444. The molecule has 0 spiro atoms. The minimum absolute atomic E-state index is 0. The number of pyridine rings is 1. The third-order valence-corrected chi connectivity index (χ3v) is 2.32. The van der Waals surface area contributed by atoms with Crippen LogP contribution in [0.3, 0.4) is 0 Å². The Kier molecular flexibility index (Phi) is 6.62. The van der Waals surface area contributed by atoms with E-state index >= 15 is 0 Å². The normalized spacial score (nSPS) is 8.82. The van der Waals surface area contributed by atoms with Crippen molar-refractivity contribution in [1.29, 1.82) is 0 Å². The van der Waals surface area contributed by atoms with E-state index in [-0.39, 0.29) is 24.8 Å². The second-order valence-electron chi connectivity index (χ2n) is 3.66. The number of rotatable bonds is 2. The third-order valence-electron chi connectivity index (χ3n) is 2.32. The Morgan fingerprint density at radius 3 is 2.29 bits per heavy atom. The molecule has 1 heterocycles. The summed E-state index contributed by atoms with van der Waals surface area (Å²) < 4.78 is 0. The predicted octanol–water partition coefficient (Wildman–Crippen LogP) is 3.66. The molecule has 0 amide bonds. The maximum atomic E-state index is 4.33. The molecule has 1 aromatic heterocycles. The van der Waals surface area contributed by atoms with E-state index in [0.29, 0.717) is 0 Å². The van der Waals surface area contributed by atoms with Crippen molar-refractivity contribution >= 4 is 30.5 Å². The summed E-state index contributed by atoms with van der Waals surface area (Å²) in [5.41, 5.74) is 3.36. The lowest BCUT2D eigenvalue weighted by Crippen LogP contribution is -2.08. The average molecular weight is 271 g/mol. The second-order valence-corrected chi connectivity index (χ2v) is 3.66. The molecule has 0 radical (unpaired) electrons. The van der Waals surface area contributed by atoms with Crippen molar-refractivity contribution in [3.05, 3.63) is 48.7 Å². The number of benzene rings is 1. The highest BCUT2D eigenvalue weighted by atomic mass is 35.5. The van der Waals surface area contributed by atoms with Gasteiger partial charge < -0.3 is 4.90 Å². The van der Waals surface area contributed by atoms with Gasteiger partial charge in [0.25, 0.3) is 0 Å². The zero-order valence-electron chi connectivity index (χ0n) is 9.83. The van der Waals surface area contributed by atoms with Crippen molar-refractivity contribution in [1.82, 2.24) is 4.98 Å². The standard InChI is InChI=1S/C13H14N2.2ClH/c1-15(2)12-7-5-6-11(10-12)13-8-3-4-9-14-13;;/h3-10H,1-2H3;2*1H. The molecule has 2 aromatic rings. The highest BCUT2D eigenvalue weighted by Crippen LogP contribution is 2.21. The molecular weight excluding hydrogens is 255 g/mol. The van der Waals surface area contributed by atoms with Crippen LogP contribution in [0.5, 0.6) is 0 Å². The summed E-state index contributed by atoms with van der Waals surface area (Å²) in [4.78, 5) is 6.42. The summed E-state index contributed by atoms with van der Waals surface area (Å²) in [6, 6.07) is 14.3. The average Bonchev–Trinajstić information content (AvgIpc) is 2.30. The summed E-state index contributed by atoms with van der Waals surface area (Å²) >= 11 is 0. The van der Waals surface area contributed by atoms with Gasteiger partial charge in [-0.1, -0.05) is 18.2 Å². The van der Waals surface area contributed by atoms with E-state index in [1.165, 1.54) is 5.69 Å². The quantitative estimate of drug-likeness (QED) is 0.828. The van der Waals surface area contributed by atoms with Gasteiger partial charge in [0.05, 0.1) is 5.69 Å². The predicted molar refractivity (Wildman–Crippen MR) is 78.5 cm³/mol. The number of hydrogen-bond acceptors (Lipinski definition) is 2. The van der Waals surface area contributed by atoms with Gasteiger partial charge in [-0.3, -0.25) is 4.98 Å². The van der Waals surface area contributed by atoms with Gasteiger partial charge in [-0.15, -0.1) is 24.8 Å². The van der Waals surface area contributed by atoms with Gasteiger partial charge in [0.1, 0.15) is 0 Å². The van der Waals surface area contributed by atoms with Gasteiger partial charge in [0.2, 0.25) is 0 Å². The third kappa shape index (κ3) is 3.91. The number of aromatic nitrogens is 1. The molecule has 0 bridgehead atoms. The fraction of sp³-hybridized carbons (Fsp3) is 0.154. The molecule has 0 aliphatic rings. The molecular formula is C13H16Cl2N2. The lowest BCUT2D eigenvalue weighted by atomic mass is 10.1. The molecule has 4 heteroatoms. The van der Waals surface area contributed by atoms with Crippen molar-refractivity contribution < 1.29 is 0 Å². The minimum Gasteiger partial charge on any atom is -0.378 e. The summed E-state index contributed by atoms with van der Waals surface area (Å²) in [6.07, 6.45) is 1.82. The Hall–Kier alpha value is -1.25. The molecule has 0 atom stereocenters.